The van der Waals surface area contributed by atoms with E-state index in [0.29, 0.717) is 6.04 Å². The van der Waals surface area contributed by atoms with E-state index in [1.165, 1.54) is 36.9 Å². The zero-order valence-corrected chi connectivity index (χ0v) is 12.0. The maximum absolute atomic E-state index is 4.12. The van der Waals surface area contributed by atoms with Crippen molar-refractivity contribution in [2.24, 2.45) is 5.92 Å². The minimum atomic E-state index is 0.646. The molecule has 0 aliphatic heterocycles. The summed E-state index contributed by atoms with van der Waals surface area (Å²) in [6.45, 7) is 3.14. The van der Waals surface area contributed by atoms with Crippen LogP contribution >= 0.6 is 0 Å². The number of anilines is 1. The maximum Gasteiger partial charge on any atom is 0.137 e. The predicted octanol–water partition coefficient (Wildman–Crippen LogP) is 3.32. The molecular formula is C16H22N4. The lowest BCUT2D eigenvalue weighted by Gasteiger charge is -2.27. The van der Waals surface area contributed by atoms with Gasteiger partial charge in [0.1, 0.15) is 12.7 Å². The lowest BCUT2D eigenvalue weighted by molar-refractivity contribution is 0.361. The average molecular weight is 270 g/mol. The van der Waals surface area contributed by atoms with Crippen LogP contribution in [0.15, 0.2) is 36.9 Å². The highest BCUT2D eigenvalue weighted by molar-refractivity contribution is 5.45. The van der Waals surface area contributed by atoms with Gasteiger partial charge in [0, 0.05) is 11.7 Å². The van der Waals surface area contributed by atoms with E-state index in [1.807, 2.05) is 4.68 Å². The van der Waals surface area contributed by atoms with Crippen molar-refractivity contribution in [3.05, 3.63) is 42.5 Å². The molecule has 4 nitrogen and oxygen atoms in total. The highest BCUT2D eigenvalue weighted by Crippen LogP contribution is 2.26. The summed E-state index contributed by atoms with van der Waals surface area (Å²) in [5.74, 6) is 0.901. The number of benzene rings is 1. The summed E-state index contributed by atoms with van der Waals surface area (Å²) in [6, 6.07) is 9.31. The molecule has 0 amide bonds. The van der Waals surface area contributed by atoms with Crippen LogP contribution in [0.4, 0.5) is 5.69 Å². The Hall–Kier alpha value is -1.84. The Morgan fingerprint density at radius 3 is 2.55 bits per heavy atom. The Morgan fingerprint density at radius 1 is 1.15 bits per heavy atom. The Labute approximate surface area is 120 Å². The second-order valence-electron chi connectivity index (χ2n) is 5.89. The van der Waals surface area contributed by atoms with E-state index in [-0.39, 0.29) is 0 Å². The van der Waals surface area contributed by atoms with Crippen molar-refractivity contribution < 1.29 is 0 Å². The molecule has 1 saturated carbocycles. The lowest BCUT2D eigenvalue weighted by Crippen LogP contribution is -2.25. The van der Waals surface area contributed by atoms with Crippen LogP contribution < -0.4 is 5.32 Å². The molecule has 3 rings (SSSR count). The van der Waals surface area contributed by atoms with Crippen molar-refractivity contribution in [2.45, 2.75) is 45.2 Å². The number of hydrogen-bond donors (Lipinski definition) is 1. The van der Waals surface area contributed by atoms with Crippen LogP contribution in [0.25, 0.3) is 0 Å². The summed E-state index contributed by atoms with van der Waals surface area (Å²) in [5, 5.41) is 7.78. The van der Waals surface area contributed by atoms with Gasteiger partial charge in [0.2, 0.25) is 0 Å². The summed E-state index contributed by atoms with van der Waals surface area (Å²) < 4.78 is 1.84. The molecule has 0 unspecified atom stereocenters. The van der Waals surface area contributed by atoms with E-state index < -0.39 is 0 Å². The Morgan fingerprint density at radius 2 is 1.90 bits per heavy atom. The van der Waals surface area contributed by atoms with E-state index in [9.17, 15) is 0 Å². The number of nitrogens with zero attached hydrogens (tertiary/aromatic N) is 3. The third-order valence-electron chi connectivity index (χ3n) is 4.15. The Kier molecular flexibility index (Phi) is 4.00. The number of hydrogen-bond acceptors (Lipinski definition) is 3. The van der Waals surface area contributed by atoms with Crippen LogP contribution in [-0.2, 0) is 6.54 Å². The number of aromatic nitrogens is 3. The molecule has 0 radical (unpaired) electrons. The SMILES string of the molecule is CC1CCC(Nc2ccc(Cn3cncn3)cc2)CC1. The normalized spacial score (nSPS) is 22.6. The van der Waals surface area contributed by atoms with E-state index in [1.54, 1.807) is 12.7 Å². The van der Waals surface area contributed by atoms with Gasteiger partial charge in [0.05, 0.1) is 6.54 Å². The van der Waals surface area contributed by atoms with Crippen LogP contribution in [0.2, 0.25) is 0 Å². The summed E-state index contributed by atoms with van der Waals surface area (Å²) in [6.07, 6.45) is 8.60. The third kappa shape index (κ3) is 3.38. The van der Waals surface area contributed by atoms with Gasteiger partial charge in [-0.25, -0.2) is 9.67 Å². The second-order valence-corrected chi connectivity index (χ2v) is 5.89. The summed E-state index contributed by atoms with van der Waals surface area (Å²) in [5.41, 5.74) is 2.48. The minimum absolute atomic E-state index is 0.646. The molecule has 1 aromatic carbocycles. The minimum Gasteiger partial charge on any atom is -0.382 e. The highest BCUT2D eigenvalue weighted by Gasteiger charge is 2.17. The maximum atomic E-state index is 4.12. The van der Waals surface area contributed by atoms with Crippen molar-refractivity contribution in [3.63, 3.8) is 0 Å². The standard InChI is InChI=1S/C16H22N4/c1-13-2-6-15(7-3-13)19-16-8-4-14(5-9-16)10-20-12-17-11-18-20/h4-5,8-9,11-13,15,19H,2-3,6-7,10H2,1H3. The molecule has 20 heavy (non-hydrogen) atoms. The molecule has 1 heterocycles. The van der Waals surface area contributed by atoms with Crippen LogP contribution in [-0.4, -0.2) is 20.8 Å². The van der Waals surface area contributed by atoms with Gasteiger partial charge in [0.25, 0.3) is 0 Å². The van der Waals surface area contributed by atoms with E-state index >= 15 is 0 Å². The van der Waals surface area contributed by atoms with Crippen molar-refractivity contribution in [1.82, 2.24) is 14.8 Å². The van der Waals surface area contributed by atoms with Gasteiger partial charge in [0.15, 0.2) is 0 Å². The quantitative estimate of drug-likeness (QED) is 0.926. The fraction of sp³-hybridized carbons (Fsp3) is 0.500. The summed E-state index contributed by atoms with van der Waals surface area (Å²) in [4.78, 5) is 3.96. The van der Waals surface area contributed by atoms with Crippen molar-refractivity contribution in [3.8, 4) is 0 Å². The van der Waals surface area contributed by atoms with Gasteiger partial charge >= 0.3 is 0 Å². The molecule has 1 aromatic heterocycles. The van der Waals surface area contributed by atoms with Crippen molar-refractivity contribution >= 4 is 5.69 Å². The third-order valence-corrected chi connectivity index (χ3v) is 4.15. The molecule has 1 N–H and O–H groups in total. The van der Waals surface area contributed by atoms with Crippen LogP contribution in [0.5, 0.6) is 0 Å². The van der Waals surface area contributed by atoms with Gasteiger partial charge in [-0.1, -0.05) is 19.1 Å². The molecule has 1 fully saturated rings. The summed E-state index contributed by atoms with van der Waals surface area (Å²) >= 11 is 0. The second kappa shape index (κ2) is 6.07. The first-order valence-electron chi connectivity index (χ1n) is 7.47. The molecule has 0 bridgehead atoms. The van der Waals surface area contributed by atoms with Gasteiger partial charge < -0.3 is 5.32 Å². The molecule has 0 atom stereocenters. The van der Waals surface area contributed by atoms with Crippen LogP contribution in [0, 0.1) is 5.92 Å². The first-order chi connectivity index (χ1) is 9.79. The van der Waals surface area contributed by atoms with Gasteiger partial charge in [-0.15, -0.1) is 0 Å². The Bertz CT molecular complexity index is 510. The molecule has 106 valence electrons. The van der Waals surface area contributed by atoms with E-state index in [2.05, 4.69) is 46.6 Å². The summed E-state index contributed by atoms with van der Waals surface area (Å²) in [7, 11) is 0. The fourth-order valence-electron chi connectivity index (χ4n) is 2.85. The van der Waals surface area contributed by atoms with Gasteiger partial charge in [-0.05, 0) is 49.3 Å². The monoisotopic (exact) mass is 270 g/mol. The molecule has 4 heteroatoms. The molecule has 1 aliphatic carbocycles. The highest BCUT2D eigenvalue weighted by atomic mass is 15.3. The largest absolute Gasteiger partial charge is 0.382 e. The van der Waals surface area contributed by atoms with E-state index in [0.717, 1.165) is 12.5 Å². The Balaban J connectivity index is 1.56. The van der Waals surface area contributed by atoms with Gasteiger partial charge in [-0.3, -0.25) is 0 Å². The molecule has 0 spiro atoms. The lowest BCUT2D eigenvalue weighted by atomic mass is 9.87. The fourth-order valence-corrected chi connectivity index (χ4v) is 2.85. The van der Waals surface area contributed by atoms with Crippen molar-refractivity contribution in [2.75, 3.05) is 5.32 Å². The first kappa shape index (κ1) is 13.2. The topological polar surface area (TPSA) is 42.7 Å². The van der Waals surface area contributed by atoms with Gasteiger partial charge in [-0.2, -0.15) is 5.10 Å². The zero-order chi connectivity index (χ0) is 13.8. The number of rotatable bonds is 4. The molecule has 0 saturated heterocycles. The molecule has 2 aromatic rings. The van der Waals surface area contributed by atoms with E-state index in [4.69, 9.17) is 0 Å². The van der Waals surface area contributed by atoms with Crippen molar-refractivity contribution in [1.29, 1.82) is 0 Å². The van der Waals surface area contributed by atoms with Crippen LogP contribution in [0.3, 0.4) is 0 Å². The van der Waals surface area contributed by atoms with Crippen LogP contribution in [0.1, 0.15) is 38.2 Å². The predicted molar refractivity (Wildman–Crippen MR) is 80.6 cm³/mol. The zero-order valence-electron chi connectivity index (χ0n) is 12.0. The number of nitrogens with one attached hydrogen (secondary N) is 1. The molecule has 1 aliphatic rings. The average Bonchev–Trinajstić information content (AvgIpc) is 2.96. The molecular weight excluding hydrogens is 248 g/mol. The first-order valence-corrected chi connectivity index (χ1v) is 7.47. The smallest absolute Gasteiger partial charge is 0.137 e.